The largest absolute Gasteiger partial charge is 0.398 e. The molecule has 0 bridgehead atoms. The number of halogens is 3. The molecule has 4 heteroatoms. The number of hydrogen-bond acceptors (Lipinski definition) is 1. The van der Waals surface area contributed by atoms with Crippen LogP contribution < -0.4 is 5.73 Å². The number of nitrogen functional groups attached to an aromatic ring is 1. The van der Waals surface area contributed by atoms with E-state index in [0.717, 1.165) is 8.04 Å². The first kappa shape index (κ1) is 8.62. The molecule has 1 rings (SSSR count). The van der Waals surface area contributed by atoms with Gasteiger partial charge in [0, 0.05) is 10.2 Å². The lowest BCUT2D eigenvalue weighted by atomic mass is 10.3. The first-order valence-corrected chi connectivity index (χ1v) is 4.76. The van der Waals surface area contributed by atoms with Gasteiger partial charge in [0.15, 0.2) is 0 Å². The van der Waals surface area contributed by atoms with Gasteiger partial charge in [-0.05, 0) is 34.7 Å². The van der Waals surface area contributed by atoms with Crippen molar-refractivity contribution in [1.82, 2.24) is 0 Å². The summed E-state index contributed by atoms with van der Waals surface area (Å²) in [7, 11) is 0. The summed E-state index contributed by atoms with van der Waals surface area (Å²) in [6.45, 7) is 0. The van der Waals surface area contributed by atoms with Crippen LogP contribution in [0.5, 0.6) is 0 Å². The lowest BCUT2D eigenvalue weighted by Gasteiger charge is -2.00. The van der Waals surface area contributed by atoms with E-state index in [2.05, 4.69) is 38.5 Å². The average Bonchev–Trinajstić information content (AvgIpc) is 1.82. The van der Waals surface area contributed by atoms with Crippen molar-refractivity contribution in [3.05, 3.63) is 25.2 Å². The molecule has 54 valence electrons. The minimum absolute atomic E-state index is 0.687. The van der Waals surface area contributed by atoms with Gasteiger partial charge in [0.1, 0.15) is 0 Å². The topological polar surface area (TPSA) is 26.0 Å². The number of anilines is 1. The van der Waals surface area contributed by atoms with Crippen LogP contribution in [0.25, 0.3) is 0 Å². The Bertz CT molecular complexity index is 241. The van der Waals surface area contributed by atoms with Crippen LogP contribution in [-0.4, -0.2) is 0 Å². The molecule has 0 unspecified atom stereocenters. The van der Waals surface area contributed by atoms with Gasteiger partial charge in [-0.3, -0.25) is 0 Å². The molecule has 0 amide bonds. The molecule has 0 aliphatic carbocycles. The van der Waals surface area contributed by atoms with E-state index in [1.54, 1.807) is 0 Å². The maximum atomic E-state index is 5.80. The third-order valence-electron chi connectivity index (χ3n) is 1.02. The van der Waals surface area contributed by atoms with Crippen LogP contribution >= 0.6 is 50.1 Å². The van der Waals surface area contributed by atoms with Crippen LogP contribution in [-0.2, 0) is 0 Å². The maximum Gasteiger partial charge on any atom is 0.0571 e. The van der Waals surface area contributed by atoms with Crippen LogP contribution in [0, 0.1) is 3.57 Å². The zero-order valence-electron chi connectivity index (χ0n) is 4.87. The minimum Gasteiger partial charge on any atom is -0.398 e. The number of rotatable bonds is 0. The average molecular weight is 332 g/mol. The predicted molar refractivity (Wildman–Crippen MR) is 56.3 cm³/mol. The monoisotopic (exact) mass is 331 g/mol. The van der Waals surface area contributed by atoms with Crippen molar-refractivity contribution >= 4 is 55.8 Å². The van der Waals surface area contributed by atoms with Gasteiger partial charge in [0.25, 0.3) is 0 Å². The summed E-state index contributed by atoms with van der Waals surface area (Å²) >= 11 is 11.2. The highest BCUT2D eigenvalue weighted by molar-refractivity contribution is 14.1. The fourth-order valence-corrected chi connectivity index (χ4v) is 1.72. The van der Waals surface area contributed by atoms with Gasteiger partial charge >= 0.3 is 0 Å². The van der Waals surface area contributed by atoms with Gasteiger partial charge in [0.05, 0.1) is 8.59 Å². The Balaban J connectivity index is 3.31. The van der Waals surface area contributed by atoms with Crippen molar-refractivity contribution in [2.45, 2.75) is 0 Å². The fraction of sp³-hybridized carbons (Fsp3) is 0. The van der Waals surface area contributed by atoms with Crippen LogP contribution in [0.4, 0.5) is 5.69 Å². The van der Waals surface area contributed by atoms with E-state index in [9.17, 15) is 0 Å². The summed E-state index contributed by atoms with van der Waals surface area (Å²) in [5, 5.41) is 0.687. The SMILES string of the molecule is Nc1cc(Br)cc(Cl)c1I. The Labute approximate surface area is 86.2 Å². The van der Waals surface area contributed by atoms with Crippen molar-refractivity contribution in [3.63, 3.8) is 0 Å². The molecule has 0 aliphatic heterocycles. The molecule has 0 saturated heterocycles. The second kappa shape index (κ2) is 3.28. The first-order valence-electron chi connectivity index (χ1n) is 2.51. The second-order valence-corrected chi connectivity index (χ2v) is 4.19. The number of nitrogens with two attached hydrogens (primary N) is 1. The lowest BCUT2D eigenvalue weighted by molar-refractivity contribution is 1.59. The van der Waals surface area contributed by atoms with E-state index in [4.69, 9.17) is 17.3 Å². The molecular weight excluding hydrogens is 328 g/mol. The van der Waals surface area contributed by atoms with Gasteiger partial charge < -0.3 is 5.73 Å². The maximum absolute atomic E-state index is 5.80. The third-order valence-corrected chi connectivity index (χ3v) is 3.30. The van der Waals surface area contributed by atoms with Crippen molar-refractivity contribution < 1.29 is 0 Å². The number of benzene rings is 1. The molecule has 1 aromatic rings. The van der Waals surface area contributed by atoms with Gasteiger partial charge in [-0.25, -0.2) is 0 Å². The molecule has 0 atom stereocenters. The third kappa shape index (κ3) is 1.77. The van der Waals surface area contributed by atoms with Gasteiger partial charge in [-0.1, -0.05) is 27.5 Å². The molecule has 0 aliphatic rings. The Hall–Kier alpha value is 0.520. The molecule has 0 radical (unpaired) electrons. The first-order chi connectivity index (χ1) is 4.61. The summed E-state index contributed by atoms with van der Waals surface area (Å²) in [4.78, 5) is 0. The van der Waals surface area contributed by atoms with E-state index in [1.165, 1.54) is 0 Å². The summed E-state index contributed by atoms with van der Waals surface area (Å²) in [5.74, 6) is 0. The van der Waals surface area contributed by atoms with Gasteiger partial charge in [-0.2, -0.15) is 0 Å². The van der Waals surface area contributed by atoms with Crippen LogP contribution in [0.1, 0.15) is 0 Å². The molecule has 0 aromatic heterocycles. The smallest absolute Gasteiger partial charge is 0.0571 e. The van der Waals surface area contributed by atoms with E-state index in [0.29, 0.717) is 10.7 Å². The van der Waals surface area contributed by atoms with E-state index >= 15 is 0 Å². The van der Waals surface area contributed by atoms with Crippen LogP contribution in [0.3, 0.4) is 0 Å². The van der Waals surface area contributed by atoms with Gasteiger partial charge in [0.2, 0.25) is 0 Å². The fourth-order valence-electron chi connectivity index (χ4n) is 0.576. The van der Waals surface area contributed by atoms with E-state index in [-0.39, 0.29) is 0 Å². The molecule has 0 spiro atoms. The molecule has 0 saturated carbocycles. The molecule has 1 nitrogen and oxygen atoms in total. The highest BCUT2D eigenvalue weighted by Crippen LogP contribution is 2.28. The van der Waals surface area contributed by atoms with Crippen molar-refractivity contribution in [2.75, 3.05) is 5.73 Å². The summed E-state index contributed by atoms with van der Waals surface area (Å²) in [6, 6.07) is 3.65. The molecule has 2 N–H and O–H groups in total. The van der Waals surface area contributed by atoms with Gasteiger partial charge in [-0.15, -0.1) is 0 Å². The van der Waals surface area contributed by atoms with E-state index < -0.39 is 0 Å². The molecule has 0 heterocycles. The Morgan fingerprint density at radius 3 is 2.60 bits per heavy atom. The molecular formula is C6H4BrClIN. The summed E-state index contributed by atoms with van der Waals surface area (Å²) in [6.07, 6.45) is 0. The summed E-state index contributed by atoms with van der Waals surface area (Å²) in [5.41, 5.74) is 6.31. The van der Waals surface area contributed by atoms with Crippen molar-refractivity contribution in [3.8, 4) is 0 Å². The molecule has 0 fully saturated rings. The number of hydrogen-bond donors (Lipinski definition) is 1. The second-order valence-electron chi connectivity index (χ2n) is 1.79. The predicted octanol–water partition coefficient (Wildman–Crippen LogP) is 3.29. The highest BCUT2D eigenvalue weighted by atomic mass is 127. The molecule has 10 heavy (non-hydrogen) atoms. The van der Waals surface area contributed by atoms with E-state index in [1.807, 2.05) is 12.1 Å². The van der Waals surface area contributed by atoms with Crippen molar-refractivity contribution in [1.29, 1.82) is 0 Å². The van der Waals surface area contributed by atoms with Crippen LogP contribution in [0.15, 0.2) is 16.6 Å². The zero-order valence-corrected chi connectivity index (χ0v) is 9.37. The lowest BCUT2D eigenvalue weighted by Crippen LogP contribution is -1.89. The normalized spacial score (nSPS) is 9.90. The summed E-state index contributed by atoms with van der Waals surface area (Å²) < 4.78 is 1.82. The quantitative estimate of drug-likeness (QED) is 0.440. The van der Waals surface area contributed by atoms with Crippen LogP contribution in [0.2, 0.25) is 5.02 Å². The van der Waals surface area contributed by atoms with Crippen molar-refractivity contribution in [2.24, 2.45) is 0 Å². The Kier molecular flexibility index (Phi) is 2.82. The minimum atomic E-state index is 0.687. The highest BCUT2D eigenvalue weighted by Gasteiger charge is 2.01. The zero-order chi connectivity index (χ0) is 7.72. The standard InChI is InChI=1S/C6H4BrClIN/c7-3-1-4(8)6(9)5(10)2-3/h1-2H,10H2. The Morgan fingerprint density at radius 1 is 1.50 bits per heavy atom. The Morgan fingerprint density at radius 2 is 2.10 bits per heavy atom. The molecule has 1 aromatic carbocycles.